The lowest BCUT2D eigenvalue weighted by molar-refractivity contribution is 0.598. The predicted octanol–water partition coefficient (Wildman–Crippen LogP) is 2.74. The first kappa shape index (κ1) is 13.3. The molecule has 1 aliphatic carbocycles. The molecule has 3 nitrogen and oxygen atoms in total. The second-order valence-electron chi connectivity index (χ2n) is 5.57. The second-order valence-corrected chi connectivity index (χ2v) is 7.13. The Morgan fingerprint density at radius 3 is 2.45 bits per heavy atom. The fourth-order valence-electron chi connectivity index (χ4n) is 2.87. The van der Waals surface area contributed by atoms with Gasteiger partial charge in [0.05, 0.1) is 4.90 Å². The largest absolute Gasteiger partial charge is 0.238 e. The zero-order valence-electron chi connectivity index (χ0n) is 11.3. The lowest BCUT2D eigenvalue weighted by Crippen LogP contribution is -2.11. The summed E-state index contributed by atoms with van der Waals surface area (Å²) in [7, 11) is -3.65. The van der Waals surface area contributed by atoms with Gasteiger partial charge < -0.3 is 0 Å². The summed E-state index contributed by atoms with van der Waals surface area (Å²) in [5.74, 6) is 0.691. The fourth-order valence-corrected chi connectivity index (χ4v) is 3.43. The summed E-state index contributed by atoms with van der Waals surface area (Å²) >= 11 is 0. The van der Waals surface area contributed by atoms with Crippen molar-refractivity contribution in [3.8, 4) is 11.1 Å². The maximum Gasteiger partial charge on any atom is 0.238 e. The Bertz CT molecular complexity index is 766. The van der Waals surface area contributed by atoms with Gasteiger partial charge in [-0.2, -0.15) is 0 Å². The van der Waals surface area contributed by atoms with Crippen molar-refractivity contribution in [1.29, 1.82) is 0 Å². The molecule has 0 bridgehead atoms. The molecule has 0 aromatic heterocycles. The number of fused-ring (bicyclic) bond motifs is 1. The van der Waals surface area contributed by atoms with Crippen LogP contribution >= 0.6 is 0 Å². The van der Waals surface area contributed by atoms with Crippen molar-refractivity contribution < 1.29 is 8.42 Å². The molecule has 2 aromatic rings. The van der Waals surface area contributed by atoms with Gasteiger partial charge in [-0.3, -0.25) is 0 Å². The van der Waals surface area contributed by atoms with E-state index in [2.05, 4.69) is 25.1 Å². The Balaban J connectivity index is 2.05. The average molecular weight is 287 g/mol. The van der Waals surface area contributed by atoms with Gasteiger partial charge in [-0.1, -0.05) is 37.3 Å². The molecule has 0 heterocycles. The number of hydrogen-bond acceptors (Lipinski definition) is 2. The molecule has 4 heteroatoms. The lowest BCUT2D eigenvalue weighted by Gasteiger charge is -2.07. The Morgan fingerprint density at radius 1 is 1.00 bits per heavy atom. The first-order valence-electron chi connectivity index (χ1n) is 6.68. The van der Waals surface area contributed by atoms with Gasteiger partial charge in [-0.25, -0.2) is 13.6 Å². The molecule has 3 rings (SSSR count). The number of hydrogen-bond donors (Lipinski definition) is 1. The van der Waals surface area contributed by atoms with E-state index in [0.717, 1.165) is 24.0 Å². The highest BCUT2D eigenvalue weighted by Crippen LogP contribution is 2.31. The molecule has 0 aliphatic heterocycles. The lowest BCUT2D eigenvalue weighted by atomic mass is 10.0. The van der Waals surface area contributed by atoms with E-state index in [0.29, 0.717) is 5.92 Å². The van der Waals surface area contributed by atoms with E-state index >= 15 is 0 Å². The minimum absolute atomic E-state index is 0.156. The molecule has 0 saturated heterocycles. The Hall–Kier alpha value is -1.65. The summed E-state index contributed by atoms with van der Waals surface area (Å²) in [5, 5.41) is 5.18. The smallest absolute Gasteiger partial charge is 0.225 e. The van der Waals surface area contributed by atoms with Crippen LogP contribution in [0.25, 0.3) is 11.1 Å². The Labute approximate surface area is 119 Å². The fraction of sp³-hybridized carbons (Fsp3) is 0.250. The molecule has 0 amide bonds. The third-order valence-electron chi connectivity index (χ3n) is 3.84. The summed E-state index contributed by atoms with van der Waals surface area (Å²) in [6.07, 6.45) is 2.23. The van der Waals surface area contributed by atoms with Crippen LogP contribution in [0.4, 0.5) is 0 Å². The van der Waals surface area contributed by atoms with Crippen LogP contribution in [0.1, 0.15) is 18.1 Å². The van der Waals surface area contributed by atoms with E-state index in [1.165, 1.54) is 17.2 Å². The van der Waals surface area contributed by atoms with Crippen LogP contribution in [0.5, 0.6) is 0 Å². The van der Waals surface area contributed by atoms with Gasteiger partial charge in [0.15, 0.2) is 0 Å². The zero-order valence-corrected chi connectivity index (χ0v) is 12.2. The number of rotatable bonds is 2. The topological polar surface area (TPSA) is 60.2 Å². The van der Waals surface area contributed by atoms with Gasteiger partial charge in [0.1, 0.15) is 0 Å². The standard InChI is InChI=1S/C16H17NO2S/c1-11-7-13-5-6-14(9-15(13)8-11)12-3-2-4-16(10-12)20(17,18)19/h2-6,9-11H,7-8H2,1H3,(H2,17,18,19). The summed E-state index contributed by atoms with van der Waals surface area (Å²) < 4.78 is 22.8. The Kier molecular flexibility index (Phi) is 3.15. The number of primary sulfonamides is 1. The molecule has 0 radical (unpaired) electrons. The SMILES string of the molecule is CC1Cc2ccc(-c3cccc(S(N)(=O)=O)c3)cc2C1. The molecule has 1 unspecified atom stereocenters. The molecular weight excluding hydrogens is 270 g/mol. The van der Waals surface area contributed by atoms with Crippen molar-refractivity contribution in [2.75, 3.05) is 0 Å². The van der Waals surface area contributed by atoms with Crippen LogP contribution in [0.2, 0.25) is 0 Å². The van der Waals surface area contributed by atoms with Gasteiger partial charge in [-0.15, -0.1) is 0 Å². The molecule has 1 atom stereocenters. The van der Waals surface area contributed by atoms with Gasteiger partial charge in [0.25, 0.3) is 0 Å². The minimum Gasteiger partial charge on any atom is -0.225 e. The third kappa shape index (κ3) is 2.49. The summed E-state index contributed by atoms with van der Waals surface area (Å²) in [6, 6.07) is 13.2. The van der Waals surface area contributed by atoms with Crippen LogP contribution in [-0.2, 0) is 22.9 Å². The van der Waals surface area contributed by atoms with Gasteiger partial charge in [0.2, 0.25) is 10.0 Å². The predicted molar refractivity (Wildman–Crippen MR) is 79.8 cm³/mol. The summed E-state index contributed by atoms with van der Waals surface area (Å²) in [5.41, 5.74) is 4.71. The number of nitrogens with two attached hydrogens (primary N) is 1. The van der Waals surface area contributed by atoms with Crippen LogP contribution in [0, 0.1) is 5.92 Å². The molecule has 0 saturated carbocycles. The monoisotopic (exact) mass is 287 g/mol. The first-order chi connectivity index (χ1) is 9.43. The molecule has 104 valence electrons. The van der Waals surface area contributed by atoms with Crippen molar-refractivity contribution in [2.45, 2.75) is 24.7 Å². The van der Waals surface area contributed by atoms with E-state index in [1.54, 1.807) is 12.1 Å². The van der Waals surface area contributed by atoms with Gasteiger partial charge >= 0.3 is 0 Å². The van der Waals surface area contributed by atoms with Crippen molar-refractivity contribution in [3.63, 3.8) is 0 Å². The molecular formula is C16H17NO2S. The zero-order chi connectivity index (χ0) is 14.3. The minimum atomic E-state index is -3.65. The molecule has 0 spiro atoms. The molecule has 2 aromatic carbocycles. The van der Waals surface area contributed by atoms with Crippen molar-refractivity contribution in [2.24, 2.45) is 11.1 Å². The number of benzene rings is 2. The van der Waals surface area contributed by atoms with Gasteiger partial charge in [-0.05, 0) is 53.1 Å². The second kappa shape index (κ2) is 4.72. The van der Waals surface area contributed by atoms with E-state index in [4.69, 9.17) is 5.14 Å². The molecule has 0 fully saturated rings. The normalized spacial score (nSPS) is 18.0. The Morgan fingerprint density at radius 2 is 1.70 bits per heavy atom. The highest BCUT2D eigenvalue weighted by Gasteiger charge is 2.18. The van der Waals surface area contributed by atoms with Crippen molar-refractivity contribution in [3.05, 3.63) is 53.6 Å². The van der Waals surface area contributed by atoms with Crippen molar-refractivity contribution >= 4 is 10.0 Å². The first-order valence-corrected chi connectivity index (χ1v) is 8.23. The number of sulfonamides is 1. The van der Waals surface area contributed by atoms with E-state index in [1.807, 2.05) is 6.07 Å². The van der Waals surface area contributed by atoms with Crippen LogP contribution < -0.4 is 5.14 Å². The highest BCUT2D eigenvalue weighted by atomic mass is 32.2. The van der Waals surface area contributed by atoms with Crippen LogP contribution in [0.15, 0.2) is 47.4 Å². The summed E-state index contributed by atoms with van der Waals surface area (Å²) in [6.45, 7) is 2.25. The van der Waals surface area contributed by atoms with Crippen molar-refractivity contribution in [1.82, 2.24) is 0 Å². The quantitative estimate of drug-likeness (QED) is 0.923. The molecule has 20 heavy (non-hydrogen) atoms. The maximum atomic E-state index is 11.4. The van der Waals surface area contributed by atoms with E-state index in [-0.39, 0.29) is 4.90 Å². The van der Waals surface area contributed by atoms with Gasteiger partial charge in [0, 0.05) is 0 Å². The van der Waals surface area contributed by atoms with Crippen LogP contribution in [-0.4, -0.2) is 8.42 Å². The highest BCUT2D eigenvalue weighted by molar-refractivity contribution is 7.89. The molecule has 1 aliphatic rings. The van der Waals surface area contributed by atoms with Crippen LogP contribution in [0.3, 0.4) is 0 Å². The average Bonchev–Trinajstić information content (AvgIpc) is 2.77. The summed E-state index contributed by atoms with van der Waals surface area (Å²) in [4.78, 5) is 0.156. The van der Waals surface area contributed by atoms with E-state index in [9.17, 15) is 8.42 Å². The third-order valence-corrected chi connectivity index (χ3v) is 4.75. The van der Waals surface area contributed by atoms with E-state index < -0.39 is 10.0 Å². The maximum absolute atomic E-state index is 11.4. The molecule has 2 N–H and O–H groups in total.